The molecular formula is C25H38FN5O5. The third-order valence-corrected chi connectivity index (χ3v) is 6.65. The van der Waals surface area contributed by atoms with Gasteiger partial charge in [0.15, 0.2) is 0 Å². The molecular weight excluding hydrogens is 469 g/mol. The van der Waals surface area contributed by atoms with E-state index in [2.05, 4.69) is 12.2 Å². The summed E-state index contributed by atoms with van der Waals surface area (Å²) in [5, 5.41) is 15.6. The first kappa shape index (κ1) is 27.8. The first-order chi connectivity index (χ1) is 17.3. The van der Waals surface area contributed by atoms with Gasteiger partial charge in [-0.3, -0.25) is 14.5 Å². The Hall–Kier alpha value is -2.76. The molecule has 2 N–H and O–H groups in total. The Kier molecular flexibility index (Phi) is 10.4. The topological polar surface area (TPSA) is 106 Å². The fourth-order valence-electron chi connectivity index (χ4n) is 4.68. The largest absolute Gasteiger partial charge is 0.481 e. The van der Waals surface area contributed by atoms with Gasteiger partial charge >= 0.3 is 12.0 Å². The molecule has 2 fully saturated rings. The third-order valence-electron chi connectivity index (χ3n) is 6.65. The molecule has 0 bridgehead atoms. The van der Waals surface area contributed by atoms with Crippen LogP contribution in [0.3, 0.4) is 0 Å². The van der Waals surface area contributed by atoms with Crippen molar-refractivity contribution >= 4 is 17.9 Å². The van der Waals surface area contributed by atoms with Crippen LogP contribution in [0, 0.1) is 5.82 Å². The molecule has 10 nitrogen and oxygen atoms in total. The van der Waals surface area contributed by atoms with E-state index in [1.54, 1.807) is 22.0 Å². The Balaban J connectivity index is 1.71. The zero-order valence-corrected chi connectivity index (χ0v) is 21.2. The summed E-state index contributed by atoms with van der Waals surface area (Å²) >= 11 is 0. The van der Waals surface area contributed by atoms with Crippen molar-refractivity contribution in [2.45, 2.75) is 57.8 Å². The predicted molar refractivity (Wildman–Crippen MR) is 131 cm³/mol. The Morgan fingerprint density at radius 2 is 1.89 bits per heavy atom. The summed E-state index contributed by atoms with van der Waals surface area (Å²) in [4.78, 5) is 41.6. The van der Waals surface area contributed by atoms with Crippen molar-refractivity contribution in [1.82, 2.24) is 25.1 Å². The van der Waals surface area contributed by atoms with Gasteiger partial charge in [-0.1, -0.05) is 25.5 Å². The highest BCUT2D eigenvalue weighted by molar-refractivity contribution is 5.84. The van der Waals surface area contributed by atoms with Crippen LogP contribution in [0.4, 0.5) is 9.18 Å². The average Bonchev–Trinajstić information content (AvgIpc) is 2.85. The molecule has 0 aliphatic carbocycles. The number of nitrogens with one attached hydrogen (secondary N) is 1. The number of unbranched alkanes of at least 4 members (excludes halogenated alkanes) is 1. The molecule has 36 heavy (non-hydrogen) atoms. The van der Waals surface area contributed by atoms with Gasteiger partial charge in [0, 0.05) is 52.9 Å². The molecule has 3 rings (SSSR count). The van der Waals surface area contributed by atoms with Gasteiger partial charge in [0.05, 0.1) is 12.6 Å². The number of amides is 3. The lowest BCUT2D eigenvalue weighted by Gasteiger charge is -2.54. The fourth-order valence-corrected chi connectivity index (χ4v) is 4.68. The normalized spacial score (nSPS) is 20.9. The number of halogens is 1. The fraction of sp³-hybridized carbons (Fsp3) is 0.640. The van der Waals surface area contributed by atoms with Crippen molar-refractivity contribution in [2.24, 2.45) is 0 Å². The van der Waals surface area contributed by atoms with Crippen molar-refractivity contribution in [1.29, 1.82) is 0 Å². The van der Waals surface area contributed by atoms with E-state index < -0.39 is 18.2 Å². The number of carbonyl (C=O) groups excluding carboxylic acids is 2. The van der Waals surface area contributed by atoms with Gasteiger partial charge in [-0.15, -0.1) is 0 Å². The zero-order valence-electron chi connectivity index (χ0n) is 21.2. The molecule has 0 saturated carbocycles. The number of fused-ring (bicyclic) bond motifs is 1. The molecule has 0 radical (unpaired) electrons. The van der Waals surface area contributed by atoms with Gasteiger partial charge in [-0.05, 0) is 37.0 Å². The minimum atomic E-state index is -0.955. The minimum absolute atomic E-state index is 0.0997. The number of piperazine rings is 1. The van der Waals surface area contributed by atoms with Gasteiger partial charge in [-0.2, -0.15) is 0 Å². The number of ether oxygens (including phenoxy) is 1. The van der Waals surface area contributed by atoms with Crippen LogP contribution in [0.15, 0.2) is 24.3 Å². The number of urea groups is 1. The molecule has 11 heteroatoms. The summed E-state index contributed by atoms with van der Waals surface area (Å²) in [7, 11) is 1.82. The molecule has 2 saturated heterocycles. The third kappa shape index (κ3) is 7.37. The molecule has 2 aliphatic heterocycles. The zero-order chi connectivity index (χ0) is 26.1. The molecule has 1 aromatic rings. The van der Waals surface area contributed by atoms with Crippen LogP contribution in [0.1, 0.15) is 44.6 Å². The summed E-state index contributed by atoms with van der Waals surface area (Å²) in [6.45, 7) is 5.43. The second kappa shape index (κ2) is 13.5. The average molecular weight is 508 g/mol. The quantitative estimate of drug-likeness (QED) is 0.418. The van der Waals surface area contributed by atoms with E-state index in [-0.39, 0.29) is 37.1 Å². The summed E-state index contributed by atoms with van der Waals surface area (Å²) in [6, 6.07) is 4.99. The monoisotopic (exact) mass is 507 g/mol. The van der Waals surface area contributed by atoms with E-state index in [9.17, 15) is 23.9 Å². The SMILES string of the molecule is CCCCOCCCN1C[C@H]2N(CCN(C)N2C(=O)NCc2ccc(F)cc2)[C@@H](CCC(=O)O)C1=O. The van der Waals surface area contributed by atoms with Gasteiger partial charge in [0.25, 0.3) is 0 Å². The van der Waals surface area contributed by atoms with Gasteiger partial charge in [0.1, 0.15) is 12.0 Å². The predicted octanol–water partition coefficient (Wildman–Crippen LogP) is 2.11. The Morgan fingerprint density at radius 1 is 1.17 bits per heavy atom. The van der Waals surface area contributed by atoms with Crippen LogP contribution in [-0.4, -0.2) is 101 Å². The highest BCUT2D eigenvalue weighted by atomic mass is 19.1. The van der Waals surface area contributed by atoms with Crippen LogP contribution >= 0.6 is 0 Å². The van der Waals surface area contributed by atoms with Gasteiger partial charge in [-0.25, -0.2) is 19.2 Å². The highest BCUT2D eigenvalue weighted by Gasteiger charge is 2.47. The Labute approximate surface area is 211 Å². The molecule has 0 spiro atoms. The number of carboxylic acid groups (broad SMARTS) is 1. The van der Waals surface area contributed by atoms with Crippen molar-refractivity contribution in [3.8, 4) is 0 Å². The van der Waals surface area contributed by atoms with E-state index in [0.717, 1.165) is 18.4 Å². The van der Waals surface area contributed by atoms with E-state index >= 15 is 0 Å². The lowest BCUT2D eigenvalue weighted by molar-refractivity contribution is -0.175. The van der Waals surface area contributed by atoms with Crippen molar-refractivity contribution in [3.05, 3.63) is 35.6 Å². The number of hydrogen-bond donors (Lipinski definition) is 2. The molecule has 2 aliphatic rings. The summed E-state index contributed by atoms with van der Waals surface area (Å²) in [5.41, 5.74) is 0.768. The number of rotatable bonds is 12. The van der Waals surface area contributed by atoms with Gasteiger partial charge < -0.3 is 20.1 Å². The van der Waals surface area contributed by atoms with Crippen LogP contribution in [0.25, 0.3) is 0 Å². The number of nitrogens with zero attached hydrogens (tertiary/aromatic N) is 4. The van der Waals surface area contributed by atoms with Crippen molar-refractivity contribution in [2.75, 3.05) is 46.4 Å². The number of likely N-dealkylation sites (N-methyl/N-ethyl adjacent to an activating group) is 1. The second-order valence-electron chi connectivity index (χ2n) is 9.28. The molecule has 2 heterocycles. The van der Waals surface area contributed by atoms with Crippen LogP contribution in [0.5, 0.6) is 0 Å². The maximum atomic E-state index is 13.3. The molecule has 0 aromatic heterocycles. The summed E-state index contributed by atoms with van der Waals surface area (Å²) < 4.78 is 18.9. The minimum Gasteiger partial charge on any atom is -0.481 e. The Bertz CT molecular complexity index is 886. The molecule has 1 aromatic carbocycles. The lowest BCUT2D eigenvalue weighted by atomic mass is 10.0. The van der Waals surface area contributed by atoms with Crippen LogP contribution in [0.2, 0.25) is 0 Å². The van der Waals surface area contributed by atoms with Gasteiger partial charge in [0.2, 0.25) is 5.91 Å². The molecule has 2 atom stereocenters. The number of hydrogen-bond acceptors (Lipinski definition) is 6. The smallest absolute Gasteiger partial charge is 0.333 e. The van der Waals surface area contributed by atoms with Crippen molar-refractivity contribution in [3.63, 3.8) is 0 Å². The number of hydrazine groups is 1. The number of carbonyl (C=O) groups is 3. The maximum Gasteiger partial charge on any atom is 0.333 e. The number of carboxylic acids is 1. The maximum absolute atomic E-state index is 13.3. The van der Waals surface area contributed by atoms with Crippen LogP contribution < -0.4 is 5.32 Å². The molecule has 3 amide bonds. The second-order valence-corrected chi connectivity index (χ2v) is 9.28. The summed E-state index contributed by atoms with van der Waals surface area (Å²) in [6.07, 6.45) is 2.35. The molecule has 200 valence electrons. The van der Waals surface area contributed by atoms with Crippen molar-refractivity contribution < 1.29 is 28.6 Å². The Morgan fingerprint density at radius 3 is 2.58 bits per heavy atom. The first-order valence-electron chi connectivity index (χ1n) is 12.7. The highest BCUT2D eigenvalue weighted by Crippen LogP contribution is 2.27. The van der Waals surface area contributed by atoms with E-state index in [1.807, 2.05) is 17.0 Å². The standard InChI is InChI=1S/C25H38FN5O5/c1-3-4-15-36-16-5-12-29-18-22-30(21(24(29)34)10-11-23(32)33)14-13-28(2)31(22)25(35)27-17-19-6-8-20(26)9-7-19/h6-9,21-22H,3-5,10-18H2,1-2H3,(H,27,35)(H,32,33)/t21-,22-/m0/s1. The van der Waals surface area contributed by atoms with E-state index in [1.165, 1.54) is 12.1 Å². The van der Waals surface area contributed by atoms with Crippen LogP contribution in [-0.2, 0) is 20.9 Å². The molecule has 0 unspecified atom stereocenters. The van der Waals surface area contributed by atoms with E-state index in [0.29, 0.717) is 45.8 Å². The van der Waals surface area contributed by atoms with E-state index in [4.69, 9.17) is 4.74 Å². The number of benzene rings is 1. The summed E-state index contributed by atoms with van der Waals surface area (Å²) in [5.74, 6) is -1.40. The lowest BCUT2D eigenvalue weighted by Crippen LogP contribution is -2.74. The number of aliphatic carboxylic acids is 1. The first-order valence-corrected chi connectivity index (χ1v) is 12.7.